The predicted molar refractivity (Wildman–Crippen MR) is 124 cm³/mol. The second-order valence-electron chi connectivity index (χ2n) is 7.82. The van der Waals surface area contributed by atoms with Crippen molar-refractivity contribution in [3.05, 3.63) is 35.4 Å². The SMILES string of the molecule is CCCCOc1nc(N)c(N)c(N(Cc2cccc(CN3CCCC3)c2)NC(=O)OC)n1. The molecule has 0 aliphatic carbocycles. The zero-order chi connectivity index (χ0) is 22.9. The molecule has 1 aliphatic rings. The van der Waals surface area contributed by atoms with E-state index in [1.54, 1.807) is 0 Å². The number of hydrogen-bond acceptors (Lipinski definition) is 9. The van der Waals surface area contributed by atoms with Crippen LogP contribution in [0, 0.1) is 0 Å². The minimum Gasteiger partial charge on any atom is -0.463 e. The molecule has 0 spiro atoms. The molecule has 32 heavy (non-hydrogen) atoms. The van der Waals surface area contributed by atoms with Crippen LogP contribution < -0.4 is 26.6 Å². The Kier molecular flexibility index (Phi) is 8.32. The van der Waals surface area contributed by atoms with E-state index >= 15 is 0 Å². The van der Waals surface area contributed by atoms with Gasteiger partial charge in [0.05, 0.1) is 20.3 Å². The lowest BCUT2D eigenvalue weighted by Gasteiger charge is -2.25. The molecule has 1 aromatic heterocycles. The molecule has 1 fully saturated rings. The van der Waals surface area contributed by atoms with Gasteiger partial charge in [-0.2, -0.15) is 9.97 Å². The molecular formula is C22H33N7O3. The van der Waals surface area contributed by atoms with Gasteiger partial charge >= 0.3 is 12.1 Å². The molecule has 174 valence electrons. The van der Waals surface area contributed by atoms with Crippen molar-refractivity contribution in [2.45, 2.75) is 45.7 Å². The second kappa shape index (κ2) is 11.4. The fourth-order valence-electron chi connectivity index (χ4n) is 3.56. The number of benzene rings is 1. The summed E-state index contributed by atoms with van der Waals surface area (Å²) in [6.07, 6.45) is 3.67. The summed E-state index contributed by atoms with van der Waals surface area (Å²) in [6.45, 7) is 5.97. The molecule has 0 atom stereocenters. The molecule has 1 amide bonds. The number of aromatic nitrogens is 2. The molecule has 10 heteroatoms. The molecule has 2 heterocycles. The summed E-state index contributed by atoms with van der Waals surface area (Å²) in [7, 11) is 1.29. The van der Waals surface area contributed by atoms with Gasteiger partial charge in [0.15, 0.2) is 11.6 Å². The molecule has 1 aromatic carbocycles. The monoisotopic (exact) mass is 443 g/mol. The largest absolute Gasteiger partial charge is 0.463 e. The number of methoxy groups -OCH3 is 1. The lowest BCUT2D eigenvalue weighted by Crippen LogP contribution is -2.43. The molecule has 0 unspecified atom stereocenters. The lowest BCUT2D eigenvalue weighted by molar-refractivity contribution is 0.169. The van der Waals surface area contributed by atoms with E-state index in [0.29, 0.717) is 13.2 Å². The van der Waals surface area contributed by atoms with Gasteiger partial charge < -0.3 is 20.9 Å². The highest BCUT2D eigenvalue weighted by atomic mass is 16.5. The fourth-order valence-corrected chi connectivity index (χ4v) is 3.56. The lowest BCUT2D eigenvalue weighted by atomic mass is 10.1. The van der Waals surface area contributed by atoms with Gasteiger partial charge in [-0.15, -0.1) is 0 Å². The van der Waals surface area contributed by atoms with Crippen LogP contribution in [0.4, 0.5) is 22.1 Å². The minimum atomic E-state index is -0.650. The predicted octanol–water partition coefficient (Wildman–Crippen LogP) is 2.69. The van der Waals surface area contributed by atoms with Crippen molar-refractivity contribution >= 4 is 23.4 Å². The van der Waals surface area contributed by atoms with Crippen molar-refractivity contribution in [2.75, 3.05) is 43.3 Å². The normalized spacial score (nSPS) is 13.7. The van der Waals surface area contributed by atoms with Gasteiger partial charge in [0.2, 0.25) is 0 Å². The maximum atomic E-state index is 12.0. The van der Waals surface area contributed by atoms with E-state index < -0.39 is 6.09 Å². The zero-order valence-electron chi connectivity index (χ0n) is 18.8. The molecular weight excluding hydrogens is 410 g/mol. The summed E-state index contributed by atoms with van der Waals surface area (Å²) in [5.41, 5.74) is 17.2. The number of carbonyl (C=O) groups is 1. The summed E-state index contributed by atoms with van der Waals surface area (Å²) < 4.78 is 10.4. The maximum absolute atomic E-state index is 12.0. The number of nitrogens with one attached hydrogen (secondary N) is 1. The number of likely N-dealkylation sites (tertiary alicyclic amines) is 1. The number of carbonyl (C=O) groups excluding carboxylic acids is 1. The molecule has 0 bridgehead atoms. The summed E-state index contributed by atoms with van der Waals surface area (Å²) >= 11 is 0. The topological polar surface area (TPSA) is 132 Å². The summed E-state index contributed by atoms with van der Waals surface area (Å²) in [4.78, 5) is 23.0. The van der Waals surface area contributed by atoms with Crippen LogP contribution in [0.5, 0.6) is 6.01 Å². The van der Waals surface area contributed by atoms with Crippen molar-refractivity contribution < 1.29 is 14.3 Å². The van der Waals surface area contributed by atoms with Gasteiger partial charge in [-0.3, -0.25) is 9.91 Å². The molecule has 10 nitrogen and oxygen atoms in total. The number of nitrogens with zero attached hydrogens (tertiary/aromatic N) is 4. The highest BCUT2D eigenvalue weighted by Gasteiger charge is 2.20. The van der Waals surface area contributed by atoms with Gasteiger partial charge in [-0.05, 0) is 43.5 Å². The van der Waals surface area contributed by atoms with E-state index in [4.69, 9.17) is 20.9 Å². The van der Waals surface area contributed by atoms with Crippen LogP contribution in [0.15, 0.2) is 24.3 Å². The molecule has 5 N–H and O–H groups in total. The van der Waals surface area contributed by atoms with Crippen LogP contribution in [-0.2, 0) is 17.8 Å². The third-order valence-electron chi connectivity index (χ3n) is 5.27. The Morgan fingerprint density at radius 2 is 1.97 bits per heavy atom. The standard InChI is InChI=1S/C22H33N7O3/c1-3-4-12-32-21-25-19(24)18(23)20(26-21)29(27-22(30)31-2)15-17-9-7-8-16(13-17)14-28-10-5-6-11-28/h7-9,13H,3-6,10-12,14-15,23H2,1-2H3,(H,27,30)(H2,24,25,26). The first-order valence-corrected chi connectivity index (χ1v) is 11.0. The third-order valence-corrected chi connectivity index (χ3v) is 5.27. The quantitative estimate of drug-likeness (QED) is 0.374. The first kappa shape index (κ1) is 23.4. The van der Waals surface area contributed by atoms with Gasteiger partial charge in [0, 0.05) is 6.54 Å². The number of rotatable bonds is 10. The van der Waals surface area contributed by atoms with Crippen LogP contribution in [-0.4, -0.2) is 47.8 Å². The number of nitrogen functional groups attached to an aromatic ring is 2. The average Bonchev–Trinajstić information content (AvgIpc) is 3.29. The first-order chi connectivity index (χ1) is 15.5. The van der Waals surface area contributed by atoms with Gasteiger partial charge in [-0.1, -0.05) is 37.6 Å². The minimum absolute atomic E-state index is 0.0842. The molecule has 1 aliphatic heterocycles. The fraction of sp³-hybridized carbons (Fsp3) is 0.500. The van der Waals surface area contributed by atoms with Crippen molar-refractivity contribution in [1.29, 1.82) is 0 Å². The maximum Gasteiger partial charge on any atom is 0.425 e. The highest BCUT2D eigenvalue weighted by molar-refractivity contribution is 5.77. The van der Waals surface area contributed by atoms with E-state index in [-0.39, 0.29) is 23.3 Å². The van der Waals surface area contributed by atoms with Crippen molar-refractivity contribution in [3.63, 3.8) is 0 Å². The Balaban J connectivity index is 1.84. The van der Waals surface area contributed by atoms with E-state index in [1.807, 2.05) is 12.1 Å². The molecule has 1 saturated heterocycles. The number of amides is 1. The van der Waals surface area contributed by atoms with E-state index in [9.17, 15) is 4.79 Å². The van der Waals surface area contributed by atoms with Crippen LogP contribution in [0.25, 0.3) is 0 Å². The van der Waals surface area contributed by atoms with Crippen LogP contribution >= 0.6 is 0 Å². The second-order valence-corrected chi connectivity index (χ2v) is 7.82. The Labute approximate surface area is 188 Å². The molecule has 3 rings (SSSR count). The Morgan fingerprint density at radius 3 is 2.69 bits per heavy atom. The number of ether oxygens (including phenoxy) is 2. The summed E-state index contributed by atoms with van der Waals surface area (Å²) in [6, 6.07) is 8.33. The van der Waals surface area contributed by atoms with Crippen LogP contribution in [0.1, 0.15) is 43.7 Å². The van der Waals surface area contributed by atoms with E-state index in [2.05, 4.69) is 39.4 Å². The number of hydrogen-bond donors (Lipinski definition) is 3. The van der Waals surface area contributed by atoms with Crippen molar-refractivity contribution in [1.82, 2.24) is 20.3 Å². The Bertz CT molecular complexity index is 903. The Morgan fingerprint density at radius 1 is 1.22 bits per heavy atom. The van der Waals surface area contributed by atoms with Gasteiger partial charge in [-0.25, -0.2) is 10.2 Å². The zero-order valence-corrected chi connectivity index (χ0v) is 18.8. The summed E-state index contributed by atoms with van der Waals surface area (Å²) in [5, 5.41) is 1.50. The van der Waals surface area contributed by atoms with Crippen molar-refractivity contribution in [2.24, 2.45) is 0 Å². The number of anilines is 3. The number of nitrogens with two attached hydrogens (primary N) is 2. The summed E-state index contributed by atoms with van der Waals surface area (Å²) in [5.74, 6) is 0.334. The smallest absolute Gasteiger partial charge is 0.425 e. The highest BCUT2D eigenvalue weighted by Crippen LogP contribution is 2.28. The van der Waals surface area contributed by atoms with Gasteiger partial charge in [0.1, 0.15) is 5.69 Å². The number of hydrazine groups is 1. The average molecular weight is 444 g/mol. The van der Waals surface area contributed by atoms with Crippen LogP contribution in [0.2, 0.25) is 0 Å². The molecule has 2 aromatic rings. The van der Waals surface area contributed by atoms with Crippen LogP contribution in [0.3, 0.4) is 0 Å². The number of unbranched alkanes of at least 4 members (excludes halogenated alkanes) is 1. The first-order valence-electron chi connectivity index (χ1n) is 11.0. The molecule has 0 saturated carbocycles. The third kappa shape index (κ3) is 6.36. The molecule has 0 radical (unpaired) electrons. The Hall–Kier alpha value is -3.27. The van der Waals surface area contributed by atoms with Crippen molar-refractivity contribution in [3.8, 4) is 6.01 Å². The van der Waals surface area contributed by atoms with E-state index in [1.165, 1.54) is 30.5 Å². The van der Waals surface area contributed by atoms with Gasteiger partial charge in [0.25, 0.3) is 0 Å². The van der Waals surface area contributed by atoms with E-state index in [0.717, 1.165) is 38.0 Å².